The van der Waals surface area contributed by atoms with Crippen LogP contribution in [0.3, 0.4) is 0 Å². The third-order valence-corrected chi connectivity index (χ3v) is 3.90. The first kappa shape index (κ1) is 16.4. The number of methoxy groups -OCH3 is 3. The van der Waals surface area contributed by atoms with Crippen LogP contribution in [0.25, 0.3) is 0 Å². The summed E-state index contributed by atoms with van der Waals surface area (Å²) in [5, 5.41) is 3.25. The highest BCUT2D eigenvalue weighted by atomic mass is 79.9. The fourth-order valence-corrected chi connectivity index (χ4v) is 2.54. The van der Waals surface area contributed by atoms with Crippen LogP contribution in [0.2, 0.25) is 0 Å². The number of rotatable bonds is 6. The van der Waals surface area contributed by atoms with Gasteiger partial charge in [-0.15, -0.1) is 0 Å². The monoisotopic (exact) mass is 369 g/mol. The smallest absolute Gasteiger partial charge is 0.203 e. The minimum atomic E-state index is -0.275. The fourth-order valence-electron chi connectivity index (χ4n) is 2.05. The molecule has 22 heavy (non-hydrogen) atoms. The van der Waals surface area contributed by atoms with Gasteiger partial charge in [0.1, 0.15) is 5.82 Å². The lowest BCUT2D eigenvalue weighted by molar-refractivity contribution is 0.324. The zero-order valence-corrected chi connectivity index (χ0v) is 14.2. The first-order valence-corrected chi connectivity index (χ1v) is 7.36. The fraction of sp³-hybridized carbons (Fsp3) is 0.250. The second-order valence-corrected chi connectivity index (χ2v) is 5.36. The molecule has 0 atom stereocenters. The minimum absolute atomic E-state index is 0.275. The van der Waals surface area contributed by atoms with Gasteiger partial charge in [-0.2, -0.15) is 0 Å². The van der Waals surface area contributed by atoms with Crippen molar-refractivity contribution in [1.82, 2.24) is 0 Å². The van der Waals surface area contributed by atoms with Gasteiger partial charge in [0, 0.05) is 28.8 Å². The van der Waals surface area contributed by atoms with Crippen LogP contribution >= 0.6 is 15.9 Å². The molecule has 0 bridgehead atoms. The molecule has 2 aromatic carbocycles. The van der Waals surface area contributed by atoms with Gasteiger partial charge in [0.25, 0.3) is 0 Å². The molecule has 0 aromatic heterocycles. The van der Waals surface area contributed by atoms with Crippen LogP contribution in [-0.2, 0) is 6.54 Å². The average molecular weight is 370 g/mol. The van der Waals surface area contributed by atoms with E-state index in [1.165, 1.54) is 12.1 Å². The number of halogens is 2. The van der Waals surface area contributed by atoms with Gasteiger partial charge in [-0.05, 0) is 17.7 Å². The predicted molar refractivity (Wildman–Crippen MR) is 87.5 cm³/mol. The maximum absolute atomic E-state index is 13.1. The molecule has 118 valence electrons. The van der Waals surface area contributed by atoms with Crippen molar-refractivity contribution in [2.24, 2.45) is 0 Å². The largest absolute Gasteiger partial charge is 0.493 e. The molecule has 2 aromatic rings. The van der Waals surface area contributed by atoms with Crippen LogP contribution in [0.5, 0.6) is 17.2 Å². The quantitative estimate of drug-likeness (QED) is 0.826. The number of hydrogen-bond donors (Lipinski definition) is 1. The van der Waals surface area contributed by atoms with E-state index in [1.807, 2.05) is 12.1 Å². The summed E-state index contributed by atoms with van der Waals surface area (Å²) in [5.41, 5.74) is 1.75. The molecule has 0 fully saturated rings. The van der Waals surface area contributed by atoms with Crippen LogP contribution in [0, 0.1) is 5.82 Å². The summed E-state index contributed by atoms with van der Waals surface area (Å²) < 4.78 is 29.7. The van der Waals surface area contributed by atoms with Crippen molar-refractivity contribution in [3.05, 3.63) is 46.2 Å². The van der Waals surface area contributed by atoms with E-state index < -0.39 is 0 Å². The summed E-state index contributed by atoms with van der Waals surface area (Å²) in [4.78, 5) is 0. The van der Waals surface area contributed by atoms with Gasteiger partial charge in [0.2, 0.25) is 5.75 Å². The van der Waals surface area contributed by atoms with E-state index in [9.17, 15) is 4.39 Å². The Labute approximate surface area is 137 Å². The van der Waals surface area contributed by atoms with Gasteiger partial charge in [-0.1, -0.05) is 22.0 Å². The van der Waals surface area contributed by atoms with Gasteiger partial charge in [0.05, 0.1) is 21.3 Å². The normalized spacial score (nSPS) is 10.2. The molecule has 0 saturated carbocycles. The lowest BCUT2D eigenvalue weighted by atomic mass is 10.2. The summed E-state index contributed by atoms with van der Waals surface area (Å²) in [6.07, 6.45) is 0. The Morgan fingerprint density at radius 2 is 1.64 bits per heavy atom. The highest BCUT2D eigenvalue weighted by molar-refractivity contribution is 9.10. The Bertz CT molecular complexity index is 639. The average Bonchev–Trinajstić information content (AvgIpc) is 2.52. The first-order chi connectivity index (χ1) is 10.6. The van der Waals surface area contributed by atoms with E-state index in [0.717, 1.165) is 11.3 Å². The Morgan fingerprint density at radius 3 is 2.14 bits per heavy atom. The Morgan fingerprint density at radius 1 is 1.00 bits per heavy atom. The highest BCUT2D eigenvalue weighted by Gasteiger charge is 2.13. The van der Waals surface area contributed by atoms with E-state index in [4.69, 9.17) is 14.2 Å². The molecule has 6 heteroatoms. The van der Waals surface area contributed by atoms with Crippen molar-refractivity contribution in [2.45, 2.75) is 6.54 Å². The highest BCUT2D eigenvalue weighted by Crippen LogP contribution is 2.40. The maximum Gasteiger partial charge on any atom is 0.203 e. The Balaban J connectivity index is 2.22. The van der Waals surface area contributed by atoms with Crippen LogP contribution < -0.4 is 19.5 Å². The first-order valence-electron chi connectivity index (χ1n) is 6.56. The third kappa shape index (κ3) is 3.62. The van der Waals surface area contributed by atoms with Crippen molar-refractivity contribution in [2.75, 3.05) is 26.6 Å². The Kier molecular flexibility index (Phi) is 5.49. The second kappa shape index (κ2) is 7.35. The lowest BCUT2D eigenvalue weighted by Crippen LogP contribution is -2.02. The summed E-state index contributed by atoms with van der Waals surface area (Å²) in [7, 11) is 4.69. The van der Waals surface area contributed by atoms with Crippen LogP contribution in [0.15, 0.2) is 34.8 Å². The van der Waals surface area contributed by atoms with Gasteiger partial charge in [-0.3, -0.25) is 0 Å². The van der Waals surface area contributed by atoms with Crippen LogP contribution in [-0.4, -0.2) is 21.3 Å². The van der Waals surface area contributed by atoms with Gasteiger partial charge >= 0.3 is 0 Å². The molecule has 0 radical (unpaired) electrons. The summed E-state index contributed by atoms with van der Waals surface area (Å²) >= 11 is 3.35. The topological polar surface area (TPSA) is 39.7 Å². The third-order valence-electron chi connectivity index (χ3n) is 3.16. The molecule has 0 heterocycles. The zero-order chi connectivity index (χ0) is 16.1. The molecule has 0 amide bonds. The van der Waals surface area contributed by atoms with E-state index in [1.54, 1.807) is 27.4 Å². The van der Waals surface area contributed by atoms with Crippen molar-refractivity contribution in [3.8, 4) is 17.2 Å². The molecule has 0 aliphatic carbocycles. The summed E-state index contributed by atoms with van der Waals surface area (Å²) in [6.45, 7) is 0.527. The summed E-state index contributed by atoms with van der Waals surface area (Å²) in [6, 6.07) is 8.23. The number of ether oxygens (including phenoxy) is 3. The Hall–Kier alpha value is -1.95. The van der Waals surface area contributed by atoms with Crippen LogP contribution in [0.4, 0.5) is 10.1 Å². The number of anilines is 1. The van der Waals surface area contributed by atoms with Crippen molar-refractivity contribution < 1.29 is 18.6 Å². The number of nitrogens with one attached hydrogen (secondary N) is 1. The molecule has 0 unspecified atom stereocenters. The maximum atomic E-state index is 13.1. The lowest BCUT2D eigenvalue weighted by Gasteiger charge is -2.15. The molecule has 1 N–H and O–H groups in total. The predicted octanol–water partition coefficient (Wildman–Crippen LogP) is 4.23. The zero-order valence-electron chi connectivity index (χ0n) is 12.6. The summed E-state index contributed by atoms with van der Waals surface area (Å²) in [5.74, 6) is 1.41. The molecular weight excluding hydrogens is 353 g/mol. The van der Waals surface area contributed by atoms with Crippen LogP contribution in [0.1, 0.15) is 5.56 Å². The van der Waals surface area contributed by atoms with E-state index >= 15 is 0 Å². The molecule has 2 rings (SSSR count). The van der Waals surface area contributed by atoms with Crippen molar-refractivity contribution in [1.29, 1.82) is 0 Å². The van der Waals surface area contributed by atoms with Gasteiger partial charge in [0.15, 0.2) is 11.5 Å². The second-order valence-electron chi connectivity index (χ2n) is 4.50. The molecular formula is C16H17BrFNO3. The van der Waals surface area contributed by atoms with E-state index in [2.05, 4.69) is 21.2 Å². The molecule has 0 spiro atoms. The molecule has 0 aliphatic heterocycles. The van der Waals surface area contributed by atoms with E-state index in [-0.39, 0.29) is 5.82 Å². The molecule has 0 saturated heterocycles. The van der Waals surface area contributed by atoms with Gasteiger partial charge in [-0.25, -0.2) is 4.39 Å². The van der Waals surface area contributed by atoms with Gasteiger partial charge < -0.3 is 19.5 Å². The standard InChI is InChI=1S/C16H17BrFNO3/c1-20-14-7-12(8-15(21-2)16(14)22-3)19-9-10-4-5-11(18)6-13(10)17/h4-8,19H,9H2,1-3H3. The van der Waals surface area contributed by atoms with Crippen molar-refractivity contribution >= 4 is 21.6 Å². The van der Waals surface area contributed by atoms with E-state index in [0.29, 0.717) is 28.3 Å². The van der Waals surface area contributed by atoms with Crippen molar-refractivity contribution in [3.63, 3.8) is 0 Å². The molecule has 0 aliphatic rings. The number of benzene rings is 2. The number of hydrogen-bond acceptors (Lipinski definition) is 4. The molecule has 4 nitrogen and oxygen atoms in total. The minimum Gasteiger partial charge on any atom is -0.493 e. The SMILES string of the molecule is COc1cc(NCc2ccc(F)cc2Br)cc(OC)c1OC.